The third kappa shape index (κ3) is 2.30. The summed E-state index contributed by atoms with van der Waals surface area (Å²) >= 11 is 0. The van der Waals surface area contributed by atoms with Gasteiger partial charge in [-0.25, -0.2) is 0 Å². The summed E-state index contributed by atoms with van der Waals surface area (Å²) in [7, 11) is 1.47. The maximum atomic E-state index is 11.3. The molecule has 2 fully saturated rings. The fourth-order valence-electron chi connectivity index (χ4n) is 4.22. The summed E-state index contributed by atoms with van der Waals surface area (Å²) in [6, 6.07) is 0. The third-order valence-corrected chi connectivity index (χ3v) is 5.57. The first-order valence-electron chi connectivity index (χ1n) is 7.70. The van der Waals surface area contributed by atoms with Crippen molar-refractivity contribution >= 4 is 11.9 Å². The smallest absolute Gasteiger partial charge is 0.315 e. The van der Waals surface area contributed by atoms with Crippen molar-refractivity contribution in [3.05, 3.63) is 24.3 Å². The van der Waals surface area contributed by atoms with Crippen LogP contribution < -0.4 is 0 Å². The van der Waals surface area contributed by atoms with Crippen molar-refractivity contribution in [3.8, 4) is 0 Å². The SMILES string of the molecule is COC(=O)C12C=CC(CC1)C2.O=C(O)C12C=CC(CC1)C2. The Kier molecular flexibility index (Phi) is 3.42. The van der Waals surface area contributed by atoms with Crippen LogP contribution in [0.3, 0.4) is 0 Å². The van der Waals surface area contributed by atoms with Gasteiger partial charge in [-0.1, -0.05) is 24.3 Å². The molecule has 0 spiro atoms. The van der Waals surface area contributed by atoms with Crippen LogP contribution in [0.4, 0.5) is 0 Å². The number of esters is 1. The van der Waals surface area contributed by atoms with Gasteiger partial charge in [0, 0.05) is 0 Å². The van der Waals surface area contributed by atoms with Gasteiger partial charge in [-0.15, -0.1) is 0 Å². The van der Waals surface area contributed by atoms with Crippen molar-refractivity contribution in [2.75, 3.05) is 7.11 Å². The molecule has 4 aliphatic carbocycles. The van der Waals surface area contributed by atoms with E-state index in [2.05, 4.69) is 12.2 Å². The van der Waals surface area contributed by atoms with Crippen molar-refractivity contribution in [1.82, 2.24) is 0 Å². The van der Waals surface area contributed by atoms with Gasteiger partial charge < -0.3 is 9.84 Å². The molecule has 4 aliphatic rings. The number of fused-ring (bicyclic) bond motifs is 4. The van der Waals surface area contributed by atoms with Crippen LogP contribution in [-0.2, 0) is 14.3 Å². The summed E-state index contributed by atoms with van der Waals surface area (Å²) < 4.78 is 4.76. The van der Waals surface area contributed by atoms with E-state index in [4.69, 9.17) is 9.84 Å². The Morgan fingerprint density at radius 2 is 1.57 bits per heavy atom. The van der Waals surface area contributed by atoms with Gasteiger partial charge in [0.1, 0.15) is 0 Å². The van der Waals surface area contributed by atoms with Gasteiger partial charge in [-0.2, -0.15) is 0 Å². The number of carbonyl (C=O) groups excluding carboxylic acids is 1. The maximum absolute atomic E-state index is 11.3. The molecule has 0 heterocycles. The number of hydrogen-bond donors (Lipinski definition) is 1. The zero-order valence-electron chi connectivity index (χ0n) is 12.4. The molecule has 2 saturated carbocycles. The number of carboxylic acids is 1. The van der Waals surface area contributed by atoms with Gasteiger partial charge in [0.05, 0.1) is 17.9 Å². The molecule has 0 aliphatic heterocycles. The second-order valence-corrected chi connectivity index (χ2v) is 6.83. The number of carbonyl (C=O) groups is 2. The highest BCUT2D eigenvalue weighted by Gasteiger charge is 2.47. The van der Waals surface area contributed by atoms with Gasteiger partial charge in [0.25, 0.3) is 0 Å². The van der Waals surface area contributed by atoms with Crippen molar-refractivity contribution in [2.45, 2.75) is 38.5 Å². The van der Waals surface area contributed by atoms with Crippen LogP contribution in [0.25, 0.3) is 0 Å². The minimum atomic E-state index is -0.635. The van der Waals surface area contributed by atoms with E-state index in [0.717, 1.165) is 38.5 Å². The lowest BCUT2D eigenvalue weighted by Crippen LogP contribution is -2.25. The quantitative estimate of drug-likeness (QED) is 0.627. The van der Waals surface area contributed by atoms with E-state index in [0.29, 0.717) is 11.8 Å². The van der Waals surface area contributed by atoms with E-state index < -0.39 is 11.4 Å². The molecule has 0 saturated heterocycles. The van der Waals surface area contributed by atoms with E-state index >= 15 is 0 Å². The van der Waals surface area contributed by atoms with Crippen LogP contribution in [0.15, 0.2) is 24.3 Å². The number of hydrogen-bond acceptors (Lipinski definition) is 3. The standard InChI is InChI=1S/C9H12O2.C8H10O2/c1-11-8(10)9-4-2-7(6-9)3-5-9;9-7(10)8-3-1-6(5-8)2-4-8/h2,4,7H,3,5-6H2,1H3;1,3,6H,2,4-5H2,(H,9,10). The van der Waals surface area contributed by atoms with Crippen LogP contribution in [-0.4, -0.2) is 24.2 Å². The Morgan fingerprint density at radius 1 is 1.05 bits per heavy atom. The molecule has 21 heavy (non-hydrogen) atoms. The van der Waals surface area contributed by atoms with Gasteiger partial charge >= 0.3 is 11.9 Å². The van der Waals surface area contributed by atoms with Crippen LogP contribution in [0.2, 0.25) is 0 Å². The summed E-state index contributed by atoms with van der Waals surface area (Å²) in [6.07, 6.45) is 14.0. The molecule has 1 N–H and O–H groups in total. The highest BCUT2D eigenvalue weighted by Crippen LogP contribution is 2.50. The number of methoxy groups -OCH3 is 1. The van der Waals surface area contributed by atoms with Crippen LogP contribution in [0, 0.1) is 22.7 Å². The number of allylic oxidation sites excluding steroid dienone is 2. The first kappa shape index (κ1) is 14.4. The minimum absolute atomic E-state index is 0.0475. The van der Waals surface area contributed by atoms with Crippen LogP contribution in [0.5, 0.6) is 0 Å². The molecule has 0 aromatic carbocycles. The van der Waals surface area contributed by atoms with Crippen LogP contribution in [0.1, 0.15) is 38.5 Å². The van der Waals surface area contributed by atoms with E-state index in [1.54, 1.807) is 0 Å². The van der Waals surface area contributed by atoms with E-state index in [1.165, 1.54) is 7.11 Å². The molecular formula is C17H22O4. The minimum Gasteiger partial charge on any atom is -0.481 e. The molecule has 0 amide bonds. The van der Waals surface area contributed by atoms with Crippen molar-refractivity contribution in [2.24, 2.45) is 22.7 Å². The van der Waals surface area contributed by atoms with Gasteiger partial charge in [-0.05, 0) is 50.4 Å². The predicted molar refractivity (Wildman–Crippen MR) is 77.5 cm³/mol. The maximum Gasteiger partial charge on any atom is 0.315 e. The van der Waals surface area contributed by atoms with E-state index in [-0.39, 0.29) is 11.4 Å². The lowest BCUT2D eigenvalue weighted by atomic mass is 9.88. The third-order valence-electron chi connectivity index (χ3n) is 5.57. The summed E-state index contributed by atoms with van der Waals surface area (Å²) in [5, 5.41) is 8.84. The fourth-order valence-corrected chi connectivity index (χ4v) is 4.22. The molecule has 0 aromatic heterocycles. The van der Waals surface area contributed by atoms with Gasteiger partial charge in [0.15, 0.2) is 0 Å². The molecule has 114 valence electrons. The first-order valence-corrected chi connectivity index (χ1v) is 7.70. The van der Waals surface area contributed by atoms with Gasteiger partial charge in [-0.3, -0.25) is 9.59 Å². The molecule has 0 radical (unpaired) electrons. The summed E-state index contributed by atoms with van der Waals surface area (Å²) in [4.78, 5) is 22.1. The average molecular weight is 290 g/mol. The number of rotatable bonds is 2. The highest BCUT2D eigenvalue weighted by atomic mass is 16.5. The lowest BCUT2D eigenvalue weighted by Gasteiger charge is -2.19. The normalized spacial score (nSPS) is 41.0. The molecule has 4 unspecified atom stereocenters. The molecule has 4 bridgehead atoms. The number of aliphatic carboxylic acids is 1. The first-order chi connectivity index (χ1) is 10.00. The molecule has 4 heteroatoms. The Bertz CT molecular complexity index is 521. The average Bonchev–Trinajstić information content (AvgIpc) is 3.26. The topological polar surface area (TPSA) is 63.6 Å². The van der Waals surface area contributed by atoms with E-state index in [1.807, 2.05) is 12.2 Å². The molecule has 4 atom stereocenters. The summed E-state index contributed by atoms with van der Waals surface area (Å²) in [6.45, 7) is 0. The molecule has 4 rings (SSSR count). The Labute approximate surface area is 124 Å². The molecular weight excluding hydrogens is 268 g/mol. The highest BCUT2D eigenvalue weighted by molar-refractivity contribution is 5.80. The Hall–Kier alpha value is -1.58. The lowest BCUT2D eigenvalue weighted by molar-refractivity contribution is -0.149. The van der Waals surface area contributed by atoms with Gasteiger partial charge in [0.2, 0.25) is 0 Å². The second kappa shape index (κ2) is 5.00. The largest absolute Gasteiger partial charge is 0.481 e. The monoisotopic (exact) mass is 290 g/mol. The van der Waals surface area contributed by atoms with Crippen molar-refractivity contribution in [3.63, 3.8) is 0 Å². The molecule has 0 aromatic rings. The summed E-state index contributed by atoms with van der Waals surface area (Å²) in [5.74, 6) is 0.530. The Balaban J connectivity index is 0.000000126. The molecule has 4 nitrogen and oxygen atoms in total. The zero-order valence-corrected chi connectivity index (χ0v) is 12.4. The van der Waals surface area contributed by atoms with E-state index in [9.17, 15) is 9.59 Å². The summed E-state index contributed by atoms with van der Waals surface area (Å²) in [5.41, 5.74) is -0.677. The fraction of sp³-hybridized carbons (Fsp3) is 0.647. The second-order valence-electron chi connectivity index (χ2n) is 6.83. The van der Waals surface area contributed by atoms with Crippen LogP contribution >= 0.6 is 0 Å². The Morgan fingerprint density at radius 3 is 1.81 bits per heavy atom. The zero-order chi connectivity index (χ0) is 15.1. The predicted octanol–water partition coefficient (Wildman–Crippen LogP) is 2.94. The van der Waals surface area contributed by atoms with Crippen molar-refractivity contribution in [1.29, 1.82) is 0 Å². The number of ether oxygens (including phenoxy) is 1. The number of carboxylic acid groups (broad SMARTS) is 1. The van der Waals surface area contributed by atoms with Crippen molar-refractivity contribution < 1.29 is 19.4 Å².